The molecule has 2 aromatic carbocycles. The SMILES string of the molecule is CC1CCc2c(ccc(-c3cn(C)cn3)c2Oc2ccccc2)N1C(=O)C1CC1. The zero-order valence-corrected chi connectivity index (χ0v) is 16.8. The van der Waals surface area contributed by atoms with E-state index in [1.54, 1.807) is 6.33 Å². The molecule has 1 aromatic heterocycles. The monoisotopic (exact) mass is 387 g/mol. The van der Waals surface area contributed by atoms with Gasteiger partial charge in [-0.2, -0.15) is 0 Å². The van der Waals surface area contributed by atoms with Gasteiger partial charge < -0.3 is 14.2 Å². The van der Waals surface area contributed by atoms with E-state index < -0.39 is 0 Å². The van der Waals surface area contributed by atoms with Crippen LogP contribution in [0.15, 0.2) is 55.0 Å². The molecule has 1 aliphatic carbocycles. The molecule has 1 atom stereocenters. The summed E-state index contributed by atoms with van der Waals surface area (Å²) in [6.07, 6.45) is 7.63. The molecule has 1 aliphatic heterocycles. The number of hydrogen-bond donors (Lipinski definition) is 0. The molecule has 0 spiro atoms. The van der Waals surface area contributed by atoms with Crippen LogP contribution in [0.1, 0.15) is 31.7 Å². The largest absolute Gasteiger partial charge is 0.456 e. The van der Waals surface area contributed by atoms with E-state index in [1.807, 2.05) is 59.1 Å². The minimum atomic E-state index is 0.192. The predicted molar refractivity (Wildman–Crippen MR) is 113 cm³/mol. The Hall–Kier alpha value is -3.08. The number of anilines is 1. The van der Waals surface area contributed by atoms with Crippen LogP contribution < -0.4 is 9.64 Å². The van der Waals surface area contributed by atoms with Crippen LogP contribution in [-0.2, 0) is 18.3 Å². The number of aryl methyl sites for hydroxylation is 1. The van der Waals surface area contributed by atoms with Crippen LogP contribution in [0.2, 0.25) is 0 Å². The Kier molecular flexibility index (Phi) is 4.38. The molecule has 0 radical (unpaired) electrons. The Bertz CT molecular complexity index is 1050. The fraction of sp³-hybridized carbons (Fsp3) is 0.333. The summed E-state index contributed by atoms with van der Waals surface area (Å²) < 4.78 is 8.36. The third kappa shape index (κ3) is 3.31. The lowest BCUT2D eigenvalue weighted by Gasteiger charge is -2.36. The summed E-state index contributed by atoms with van der Waals surface area (Å²) in [5.74, 6) is 2.05. The van der Waals surface area contributed by atoms with Crippen LogP contribution >= 0.6 is 0 Å². The first-order chi connectivity index (χ1) is 14.1. The van der Waals surface area contributed by atoms with E-state index in [1.165, 1.54) is 0 Å². The summed E-state index contributed by atoms with van der Waals surface area (Å²) in [4.78, 5) is 19.6. The van der Waals surface area contributed by atoms with Gasteiger partial charge in [0.15, 0.2) is 0 Å². The zero-order valence-electron chi connectivity index (χ0n) is 16.8. The van der Waals surface area contributed by atoms with Crippen molar-refractivity contribution in [2.24, 2.45) is 13.0 Å². The molecule has 0 saturated heterocycles. The molecule has 1 amide bonds. The standard InChI is InChI=1S/C24H25N3O2/c1-16-8-11-20-22(27(16)24(28)17-9-10-17)13-12-19(21-14-26(2)15-25-21)23(20)29-18-6-4-3-5-7-18/h3-7,12-17H,8-11H2,1-2H3. The molecule has 0 bridgehead atoms. The Morgan fingerprint density at radius 1 is 1.10 bits per heavy atom. The van der Waals surface area contributed by atoms with Gasteiger partial charge in [0.1, 0.15) is 11.5 Å². The second kappa shape index (κ2) is 7.07. The van der Waals surface area contributed by atoms with E-state index in [-0.39, 0.29) is 17.9 Å². The smallest absolute Gasteiger partial charge is 0.230 e. The van der Waals surface area contributed by atoms with Crippen molar-refractivity contribution in [3.63, 3.8) is 0 Å². The van der Waals surface area contributed by atoms with Gasteiger partial charge in [0, 0.05) is 36.3 Å². The fourth-order valence-corrected chi connectivity index (χ4v) is 4.14. The number of ether oxygens (including phenoxy) is 1. The lowest BCUT2D eigenvalue weighted by Crippen LogP contribution is -2.43. The summed E-state index contributed by atoms with van der Waals surface area (Å²) in [5, 5.41) is 0. The molecule has 29 heavy (non-hydrogen) atoms. The van der Waals surface area contributed by atoms with Gasteiger partial charge in [-0.05, 0) is 56.9 Å². The predicted octanol–water partition coefficient (Wildman–Crippen LogP) is 4.96. The highest BCUT2D eigenvalue weighted by Gasteiger charge is 2.39. The highest BCUT2D eigenvalue weighted by Crippen LogP contribution is 2.45. The average molecular weight is 387 g/mol. The Morgan fingerprint density at radius 3 is 2.59 bits per heavy atom. The number of amides is 1. The first-order valence-electron chi connectivity index (χ1n) is 10.3. The number of aromatic nitrogens is 2. The van der Waals surface area contributed by atoms with E-state index in [9.17, 15) is 4.79 Å². The van der Waals surface area contributed by atoms with Gasteiger partial charge in [-0.15, -0.1) is 0 Å². The summed E-state index contributed by atoms with van der Waals surface area (Å²) in [5.41, 5.74) is 3.93. The Morgan fingerprint density at radius 2 is 1.90 bits per heavy atom. The molecule has 1 saturated carbocycles. The minimum Gasteiger partial charge on any atom is -0.456 e. The molecule has 5 heteroatoms. The van der Waals surface area contributed by atoms with Crippen LogP contribution in [0.25, 0.3) is 11.3 Å². The lowest BCUT2D eigenvalue weighted by atomic mass is 9.92. The van der Waals surface area contributed by atoms with E-state index >= 15 is 0 Å². The maximum Gasteiger partial charge on any atom is 0.230 e. The molecule has 0 N–H and O–H groups in total. The maximum atomic E-state index is 13.0. The van der Waals surface area contributed by atoms with E-state index in [0.29, 0.717) is 0 Å². The van der Waals surface area contributed by atoms with Gasteiger partial charge in [0.2, 0.25) is 5.91 Å². The summed E-state index contributed by atoms with van der Waals surface area (Å²) in [6, 6.07) is 14.2. The normalized spacial score (nSPS) is 18.4. The van der Waals surface area contributed by atoms with E-state index in [4.69, 9.17) is 4.74 Å². The van der Waals surface area contributed by atoms with Gasteiger partial charge in [-0.3, -0.25) is 4.79 Å². The van der Waals surface area contributed by atoms with Crippen molar-refractivity contribution in [2.75, 3.05) is 4.90 Å². The molecule has 5 rings (SSSR count). The number of imidazole rings is 1. The summed E-state index contributed by atoms with van der Waals surface area (Å²) in [7, 11) is 1.96. The fourth-order valence-electron chi connectivity index (χ4n) is 4.14. The summed E-state index contributed by atoms with van der Waals surface area (Å²) >= 11 is 0. The molecule has 5 nitrogen and oxygen atoms in total. The zero-order chi connectivity index (χ0) is 20.0. The molecular weight excluding hydrogens is 362 g/mol. The Labute approximate surface area is 170 Å². The first-order valence-corrected chi connectivity index (χ1v) is 10.3. The van der Waals surface area contributed by atoms with E-state index in [2.05, 4.69) is 18.0 Å². The van der Waals surface area contributed by atoms with Crippen LogP contribution in [0, 0.1) is 5.92 Å². The van der Waals surface area contributed by atoms with Crippen molar-refractivity contribution >= 4 is 11.6 Å². The molecule has 1 unspecified atom stereocenters. The van der Waals surface area contributed by atoms with Gasteiger partial charge >= 0.3 is 0 Å². The van der Waals surface area contributed by atoms with Gasteiger partial charge in [0.05, 0.1) is 17.7 Å². The molecule has 1 fully saturated rings. The van der Waals surface area contributed by atoms with Gasteiger partial charge in [-0.1, -0.05) is 18.2 Å². The molecule has 148 valence electrons. The lowest BCUT2D eigenvalue weighted by molar-refractivity contribution is -0.120. The van der Waals surface area contributed by atoms with Crippen molar-refractivity contribution in [3.05, 3.63) is 60.6 Å². The van der Waals surface area contributed by atoms with Crippen LogP contribution in [0.5, 0.6) is 11.5 Å². The topological polar surface area (TPSA) is 47.4 Å². The number of para-hydroxylation sites is 1. The van der Waals surface area contributed by atoms with Crippen LogP contribution in [-0.4, -0.2) is 21.5 Å². The van der Waals surface area contributed by atoms with Crippen LogP contribution in [0.4, 0.5) is 5.69 Å². The van der Waals surface area contributed by atoms with Gasteiger partial charge in [-0.25, -0.2) is 4.98 Å². The summed E-state index contributed by atoms with van der Waals surface area (Å²) in [6.45, 7) is 2.15. The number of rotatable bonds is 4. The number of nitrogens with zero attached hydrogens (tertiary/aromatic N) is 3. The maximum absolute atomic E-state index is 13.0. The van der Waals surface area contributed by atoms with Gasteiger partial charge in [0.25, 0.3) is 0 Å². The number of benzene rings is 2. The molecule has 3 aromatic rings. The number of fused-ring (bicyclic) bond motifs is 1. The number of hydrogen-bond acceptors (Lipinski definition) is 3. The highest BCUT2D eigenvalue weighted by atomic mass is 16.5. The number of carbonyl (C=O) groups is 1. The second-order valence-corrected chi connectivity index (χ2v) is 8.15. The van der Waals surface area contributed by atoms with Crippen molar-refractivity contribution in [2.45, 2.75) is 38.6 Å². The second-order valence-electron chi connectivity index (χ2n) is 8.15. The Balaban J connectivity index is 1.65. The van der Waals surface area contributed by atoms with E-state index in [0.717, 1.165) is 59.7 Å². The molecule has 2 aliphatic rings. The third-order valence-corrected chi connectivity index (χ3v) is 5.86. The van der Waals surface area contributed by atoms with Crippen molar-refractivity contribution in [1.29, 1.82) is 0 Å². The van der Waals surface area contributed by atoms with Crippen LogP contribution in [0.3, 0.4) is 0 Å². The van der Waals surface area contributed by atoms with Crippen molar-refractivity contribution in [3.8, 4) is 22.8 Å². The van der Waals surface area contributed by atoms with Crippen molar-refractivity contribution in [1.82, 2.24) is 9.55 Å². The van der Waals surface area contributed by atoms with Crippen molar-refractivity contribution < 1.29 is 9.53 Å². The number of carbonyl (C=O) groups excluding carboxylic acids is 1. The highest BCUT2D eigenvalue weighted by molar-refractivity contribution is 5.99. The average Bonchev–Trinajstić information content (AvgIpc) is 3.49. The molecule has 2 heterocycles. The third-order valence-electron chi connectivity index (χ3n) is 5.86. The minimum absolute atomic E-state index is 0.192. The molecular formula is C24H25N3O2. The quantitative estimate of drug-likeness (QED) is 0.636. The first kappa shape index (κ1) is 18.0.